The Balaban J connectivity index is 1.41. The third kappa shape index (κ3) is 7.60. The molecule has 2 heterocycles. The molecule has 0 bridgehead atoms. The van der Waals surface area contributed by atoms with E-state index in [1.807, 2.05) is 12.1 Å². The zero-order valence-corrected chi connectivity index (χ0v) is 23.5. The lowest BCUT2D eigenvalue weighted by atomic mass is 9.91. The molecule has 2 aromatic carbocycles. The first kappa shape index (κ1) is 28.2. The first-order valence-corrected chi connectivity index (χ1v) is 15.3. The van der Waals surface area contributed by atoms with Crippen LogP contribution >= 0.6 is 0 Å². The van der Waals surface area contributed by atoms with E-state index in [2.05, 4.69) is 33.7 Å². The standard InChI is InChI=1S/C30H41N3O4S/c1-32-21-17-25(18-22-32)10-6-5-9-24-11-14-27(15-12-24)38(35,36)31-28-23-26(30(34)37-2)13-16-29(28)33-19-7-3-4-8-20-33/h3,7,11-16,23,25,31H,4-6,8-10,17-22H2,1-2H3. The second-order valence-corrected chi connectivity index (χ2v) is 12.2. The molecule has 38 heavy (non-hydrogen) atoms. The number of rotatable bonds is 10. The monoisotopic (exact) mass is 539 g/mol. The summed E-state index contributed by atoms with van der Waals surface area (Å²) >= 11 is 0. The highest BCUT2D eigenvalue weighted by atomic mass is 32.2. The van der Waals surface area contributed by atoms with Gasteiger partial charge >= 0.3 is 5.97 Å². The van der Waals surface area contributed by atoms with E-state index in [-0.39, 0.29) is 4.90 Å². The quantitative estimate of drug-likeness (QED) is 0.245. The summed E-state index contributed by atoms with van der Waals surface area (Å²) in [6.07, 6.45) is 13.4. The third-order valence-corrected chi connectivity index (χ3v) is 9.07. The summed E-state index contributed by atoms with van der Waals surface area (Å²) in [6, 6.07) is 12.2. The maximum Gasteiger partial charge on any atom is 0.337 e. The van der Waals surface area contributed by atoms with Crippen LogP contribution in [-0.4, -0.2) is 59.6 Å². The summed E-state index contributed by atoms with van der Waals surface area (Å²) in [5.41, 5.74) is 2.57. The van der Waals surface area contributed by atoms with Crippen LogP contribution in [-0.2, 0) is 21.2 Å². The lowest BCUT2D eigenvalue weighted by Crippen LogP contribution is -2.30. The van der Waals surface area contributed by atoms with Gasteiger partial charge in [0, 0.05) is 13.1 Å². The molecular formula is C30H41N3O4S. The Kier molecular flexibility index (Phi) is 9.86. The van der Waals surface area contributed by atoms with Crippen molar-refractivity contribution >= 4 is 27.4 Å². The highest BCUT2D eigenvalue weighted by molar-refractivity contribution is 7.92. The number of aryl methyl sites for hydroxylation is 1. The Hall–Kier alpha value is -2.84. The number of benzene rings is 2. The lowest BCUT2D eigenvalue weighted by molar-refractivity contribution is 0.0601. The fourth-order valence-corrected chi connectivity index (χ4v) is 6.39. The summed E-state index contributed by atoms with van der Waals surface area (Å²) in [5.74, 6) is 0.339. The molecule has 0 spiro atoms. The molecule has 2 aliphatic heterocycles. The van der Waals surface area contributed by atoms with Crippen LogP contribution in [0.15, 0.2) is 59.5 Å². The maximum absolute atomic E-state index is 13.4. The Bertz CT molecular complexity index is 1200. The second kappa shape index (κ2) is 13.3. The van der Waals surface area contributed by atoms with Crippen molar-refractivity contribution in [1.82, 2.24) is 4.90 Å². The molecular weight excluding hydrogens is 498 g/mol. The molecule has 1 saturated heterocycles. The van der Waals surface area contributed by atoms with Gasteiger partial charge in [0.05, 0.1) is 28.9 Å². The lowest BCUT2D eigenvalue weighted by Gasteiger charge is -2.28. The van der Waals surface area contributed by atoms with Gasteiger partial charge in [-0.2, -0.15) is 0 Å². The minimum atomic E-state index is -3.84. The molecule has 7 nitrogen and oxygen atoms in total. The smallest absolute Gasteiger partial charge is 0.337 e. The fourth-order valence-electron chi connectivity index (χ4n) is 5.32. The van der Waals surface area contributed by atoms with E-state index in [0.717, 1.165) is 49.4 Å². The number of piperidine rings is 1. The number of esters is 1. The van der Waals surface area contributed by atoms with Crippen molar-refractivity contribution in [3.05, 3.63) is 65.7 Å². The van der Waals surface area contributed by atoms with Gasteiger partial charge in [-0.3, -0.25) is 4.72 Å². The van der Waals surface area contributed by atoms with E-state index in [1.165, 1.54) is 45.9 Å². The van der Waals surface area contributed by atoms with Crippen LogP contribution in [0.5, 0.6) is 0 Å². The SMILES string of the molecule is COC(=O)c1ccc(N2CC=CCCC2)c(NS(=O)(=O)c2ccc(CCCCC3CCN(C)CC3)cc2)c1. The number of anilines is 2. The van der Waals surface area contributed by atoms with Crippen LogP contribution < -0.4 is 9.62 Å². The molecule has 0 radical (unpaired) electrons. The molecule has 206 valence electrons. The Morgan fingerprint density at radius 1 is 1.03 bits per heavy atom. The number of allylic oxidation sites excluding steroid dienone is 1. The molecule has 1 N–H and O–H groups in total. The number of carbonyl (C=O) groups is 1. The average molecular weight is 540 g/mol. The van der Waals surface area contributed by atoms with E-state index in [4.69, 9.17) is 4.74 Å². The van der Waals surface area contributed by atoms with Gasteiger partial charge in [-0.05, 0) is 100 Å². The van der Waals surface area contributed by atoms with Crippen LogP contribution in [0.1, 0.15) is 60.9 Å². The van der Waals surface area contributed by atoms with Crippen LogP contribution in [0, 0.1) is 5.92 Å². The van der Waals surface area contributed by atoms with Crippen LogP contribution in [0.25, 0.3) is 0 Å². The molecule has 8 heteroatoms. The Morgan fingerprint density at radius 2 is 1.79 bits per heavy atom. The van der Waals surface area contributed by atoms with Gasteiger partial charge in [0.2, 0.25) is 0 Å². The van der Waals surface area contributed by atoms with Crippen molar-refractivity contribution in [2.75, 3.05) is 50.0 Å². The number of nitrogens with one attached hydrogen (secondary N) is 1. The summed E-state index contributed by atoms with van der Waals surface area (Å²) in [6.45, 7) is 3.89. The fraction of sp³-hybridized carbons (Fsp3) is 0.500. The Labute approximate surface area is 227 Å². The molecule has 0 unspecified atom stereocenters. The highest BCUT2D eigenvalue weighted by Crippen LogP contribution is 2.31. The first-order chi connectivity index (χ1) is 18.4. The van der Waals surface area contributed by atoms with Crippen molar-refractivity contribution in [3.8, 4) is 0 Å². The highest BCUT2D eigenvalue weighted by Gasteiger charge is 2.21. The number of methoxy groups -OCH3 is 1. The summed E-state index contributed by atoms with van der Waals surface area (Å²) in [5, 5.41) is 0. The number of nitrogens with zero attached hydrogens (tertiary/aromatic N) is 2. The predicted molar refractivity (Wildman–Crippen MR) is 153 cm³/mol. The van der Waals surface area contributed by atoms with E-state index in [9.17, 15) is 13.2 Å². The van der Waals surface area contributed by atoms with Gasteiger partial charge in [-0.15, -0.1) is 0 Å². The molecule has 0 aliphatic carbocycles. The molecule has 1 fully saturated rings. The summed E-state index contributed by atoms with van der Waals surface area (Å²) in [7, 11) is -0.333. The summed E-state index contributed by atoms with van der Waals surface area (Å²) < 4.78 is 34.3. The average Bonchev–Trinajstić information content (AvgIpc) is 3.21. The molecule has 0 aromatic heterocycles. The molecule has 4 rings (SSSR count). The first-order valence-electron chi connectivity index (χ1n) is 13.8. The number of carbonyl (C=O) groups excluding carboxylic acids is 1. The van der Waals surface area contributed by atoms with Gasteiger partial charge in [0.1, 0.15) is 0 Å². The van der Waals surface area contributed by atoms with Crippen molar-refractivity contribution in [3.63, 3.8) is 0 Å². The van der Waals surface area contributed by atoms with Crippen molar-refractivity contribution in [1.29, 1.82) is 0 Å². The topological polar surface area (TPSA) is 79.0 Å². The van der Waals surface area contributed by atoms with Crippen LogP contribution in [0.4, 0.5) is 11.4 Å². The van der Waals surface area contributed by atoms with Crippen molar-refractivity contribution in [2.45, 2.75) is 56.3 Å². The zero-order chi connectivity index (χ0) is 27.0. The van der Waals surface area contributed by atoms with E-state index >= 15 is 0 Å². The molecule has 0 atom stereocenters. The number of hydrogen-bond donors (Lipinski definition) is 1. The van der Waals surface area contributed by atoms with E-state index < -0.39 is 16.0 Å². The number of ether oxygens (including phenoxy) is 1. The molecule has 2 aromatic rings. The predicted octanol–water partition coefficient (Wildman–Crippen LogP) is 5.49. The normalized spacial score (nSPS) is 17.3. The number of sulfonamides is 1. The molecule has 2 aliphatic rings. The molecule has 0 amide bonds. The van der Waals surface area contributed by atoms with Crippen LogP contribution in [0.3, 0.4) is 0 Å². The van der Waals surface area contributed by atoms with Gasteiger partial charge in [0.25, 0.3) is 10.0 Å². The number of likely N-dealkylation sites (tertiary alicyclic amines) is 1. The zero-order valence-electron chi connectivity index (χ0n) is 22.7. The van der Waals surface area contributed by atoms with Crippen molar-refractivity contribution < 1.29 is 17.9 Å². The van der Waals surface area contributed by atoms with Crippen LogP contribution in [0.2, 0.25) is 0 Å². The van der Waals surface area contributed by atoms with Gasteiger partial charge in [-0.25, -0.2) is 13.2 Å². The second-order valence-electron chi connectivity index (χ2n) is 10.5. The van der Waals surface area contributed by atoms with E-state index in [1.54, 1.807) is 30.3 Å². The minimum Gasteiger partial charge on any atom is -0.465 e. The number of unbranched alkanes of at least 4 members (excludes halogenated alkanes) is 1. The van der Waals surface area contributed by atoms with Gasteiger partial charge < -0.3 is 14.5 Å². The van der Waals surface area contributed by atoms with Crippen molar-refractivity contribution in [2.24, 2.45) is 5.92 Å². The largest absolute Gasteiger partial charge is 0.465 e. The Morgan fingerprint density at radius 3 is 2.53 bits per heavy atom. The number of hydrogen-bond acceptors (Lipinski definition) is 6. The maximum atomic E-state index is 13.4. The molecule has 0 saturated carbocycles. The third-order valence-electron chi connectivity index (χ3n) is 7.69. The minimum absolute atomic E-state index is 0.206. The summed E-state index contributed by atoms with van der Waals surface area (Å²) in [4.78, 5) is 16.9. The van der Waals surface area contributed by atoms with Gasteiger partial charge in [-0.1, -0.05) is 37.1 Å². The van der Waals surface area contributed by atoms with E-state index in [0.29, 0.717) is 17.8 Å². The van der Waals surface area contributed by atoms with Gasteiger partial charge in [0.15, 0.2) is 0 Å².